The average molecular weight is 402 g/mol. The van der Waals surface area contributed by atoms with Crippen molar-refractivity contribution in [1.82, 2.24) is 9.97 Å². The molecule has 1 saturated heterocycles. The molecule has 0 unspecified atom stereocenters. The Morgan fingerprint density at radius 2 is 1.96 bits per heavy atom. The van der Waals surface area contributed by atoms with E-state index in [2.05, 4.69) is 9.97 Å². The minimum Gasteiger partial charge on any atom is -0.398 e. The Morgan fingerprint density at radius 3 is 2.63 bits per heavy atom. The van der Waals surface area contributed by atoms with Gasteiger partial charge in [0.25, 0.3) is 0 Å². The van der Waals surface area contributed by atoms with E-state index in [1.54, 1.807) is 13.0 Å². The normalized spacial score (nSPS) is 18.4. The summed E-state index contributed by atoms with van der Waals surface area (Å²) in [5.74, 6) is 0.678. The van der Waals surface area contributed by atoms with Crippen molar-refractivity contribution >= 4 is 29.1 Å². The summed E-state index contributed by atoms with van der Waals surface area (Å²) in [6.07, 6.45) is -3.86. The largest absolute Gasteiger partial charge is 0.418 e. The van der Waals surface area contributed by atoms with Gasteiger partial charge in [0.15, 0.2) is 0 Å². The van der Waals surface area contributed by atoms with Gasteiger partial charge in [-0.3, -0.25) is 0 Å². The first-order valence-electron chi connectivity index (χ1n) is 8.28. The summed E-state index contributed by atoms with van der Waals surface area (Å²) in [5, 5.41) is -0.0317. The van der Waals surface area contributed by atoms with Gasteiger partial charge >= 0.3 is 6.18 Å². The van der Waals surface area contributed by atoms with E-state index >= 15 is 0 Å². The Hall–Kier alpha value is -2.26. The van der Waals surface area contributed by atoms with Crippen molar-refractivity contribution in [3.05, 3.63) is 40.0 Å². The van der Waals surface area contributed by atoms with Crippen LogP contribution in [0.3, 0.4) is 0 Å². The van der Waals surface area contributed by atoms with Gasteiger partial charge in [0.05, 0.1) is 18.2 Å². The van der Waals surface area contributed by atoms with Crippen LogP contribution in [0.15, 0.2) is 18.2 Å². The van der Waals surface area contributed by atoms with E-state index < -0.39 is 17.8 Å². The third-order valence-electron chi connectivity index (χ3n) is 4.33. The second-order valence-corrected chi connectivity index (χ2v) is 6.73. The van der Waals surface area contributed by atoms with Gasteiger partial charge < -0.3 is 21.1 Å². The van der Waals surface area contributed by atoms with Gasteiger partial charge in [-0.1, -0.05) is 11.6 Å². The first kappa shape index (κ1) is 19.5. The van der Waals surface area contributed by atoms with Gasteiger partial charge in [0, 0.05) is 35.6 Å². The highest BCUT2D eigenvalue weighted by Gasteiger charge is 2.35. The number of nitrogens with zero attached hydrogens (tertiary/aromatic N) is 3. The lowest BCUT2D eigenvalue weighted by molar-refractivity contribution is -0.136. The highest BCUT2D eigenvalue weighted by molar-refractivity contribution is 6.31. The smallest absolute Gasteiger partial charge is 0.398 e. The summed E-state index contributed by atoms with van der Waals surface area (Å²) in [7, 11) is 0. The lowest BCUT2D eigenvalue weighted by Gasteiger charge is -2.32. The molecule has 2 heterocycles. The maximum atomic E-state index is 13.1. The van der Waals surface area contributed by atoms with Crippen molar-refractivity contribution in [3.63, 3.8) is 0 Å². The summed E-state index contributed by atoms with van der Waals surface area (Å²) in [4.78, 5) is 10.2. The monoisotopic (exact) mass is 401 g/mol. The zero-order chi connectivity index (χ0) is 19.8. The van der Waals surface area contributed by atoms with E-state index in [0.29, 0.717) is 36.6 Å². The van der Waals surface area contributed by atoms with Crippen molar-refractivity contribution in [3.8, 4) is 0 Å². The molecule has 4 N–H and O–H groups in total. The molecule has 27 heavy (non-hydrogen) atoms. The Kier molecular flexibility index (Phi) is 5.34. The first-order valence-corrected chi connectivity index (χ1v) is 8.66. The molecule has 1 atom stereocenters. The predicted molar refractivity (Wildman–Crippen MR) is 97.6 cm³/mol. The Bertz CT molecular complexity index is 826. The van der Waals surface area contributed by atoms with E-state index in [1.165, 1.54) is 6.07 Å². The van der Waals surface area contributed by atoms with Gasteiger partial charge in [0.1, 0.15) is 5.82 Å². The molecule has 0 spiro atoms. The summed E-state index contributed by atoms with van der Waals surface area (Å²) >= 11 is 6.21. The number of ether oxygens (including phenoxy) is 1. The molecule has 1 aromatic heterocycles. The number of nitrogens with two attached hydrogens (primary N) is 2. The molecule has 0 radical (unpaired) electrons. The van der Waals surface area contributed by atoms with Crippen LogP contribution in [0.1, 0.15) is 29.3 Å². The SMILES string of the molecule is Cc1cc(N2CCCOC[C@@H]2c2cc(N)c(C(F)(F)F)cc2Cl)nc(N)n1. The van der Waals surface area contributed by atoms with Gasteiger partial charge in [-0.2, -0.15) is 18.2 Å². The number of benzene rings is 1. The molecule has 1 fully saturated rings. The summed E-state index contributed by atoms with van der Waals surface area (Å²) < 4.78 is 44.9. The number of aromatic nitrogens is 2. The van der Waals surface area contributed by atoms with Crippen LogP contribution in [0.25, 0.3) is 0 Å². The third-order valence-corrected chi connectivity index (χ3v) is 4.65. The average Bonchev–Trinajstić information content (AvgIpc) is 2.80. The van der Waals surface area contributed by atoms with Crippen molar-refractivity contribution in [2.45, 2.75) is 25.6 Å². The highest BCUT2D eigenvalue weighted by atomic mass is 35.5. The van der Waals surface area contributed by atoms with E-state index in [1.807, 2.05) is 4.90 Å². The molecule has 146 valence electrons. The van der Waals surface area contributed by atoms with Crippen LogP contribution in [0.2, 0.25) is 5.02 Å². The second kappa shape index (κ2) is 7.40. The summed E-state index contributed by atoms with van der Waals surface area (Å²) in [5.41, 5.74) is 11.2. The van der Waals surface area contributed by atoms with E-state index in [0.717, 1.165) is 6.07 Å². The molecule has 1 aromatic carbocycles. The Morgan fingerprint density at radius 1 is 1.22 bits per heavy atom. The standard InChI is InChI=1S/C17H19ClF3N5O/c1-9-5-15(25-16(23)24-9)26-3-2-4-27-8-14(26)10-6-13(22)11(7-12(10)18)17(19,20)21/h5-7,14H,2-4,8,22H2,1H3,(H2,23,24,25)/t14-/m1/s1. The fourth-order valence-electron chi connectivity index (χ4n) is 3.14. The Balaban J connectivity index is 2.07. The Labute approximate surface area is 159 Å². The highest BCUT2D eigenvalue weighted by Crippen LogP contribution is 2.40. The number of rotatable bonds is 2. The zero-order valence-corrected chi connectivity index (χ0v) is 15.3. The van der Waals surface area contributed by atoms with Gasteiger partial charge in [-0.25, -0.2) is 4.98 Å². The number of anilines is 3. The van der Waals surface area contributed by atoms with E-state index in [9.17, 15) is 13.2 Å². The van der Waals surface area contributed by atoms with Crippen molar-refractivity contribution in [1.29, 1.82) is 0 Å². The molecule has 10 heteroatoms. The van der Waals surface area contributed by atoms with Crippen LogP contribution < -0.4 is 16.4 Å². The van der Waals surface area contributed by atoms with Crippen LogP contribution >= 0.6 is 11.6 Å². The molecule has 0 bridgehead atoms. The van der Waals surface area contributed by atoms with Crippen molar-refractivity contribution < 1.29 is 17.9 Å². The first-order chi connectivity index (χ1) is 12.7. The van der Waals surface area contributed by atoms with Gasteiger partial charge in [-0.05, 0) is 31.0 Å². The fourth-order valence-corrected chi connectivity index (χ4v) is 3.43. The molecule has 3 rings (SSSR count). The molecular formula is C17H19ClF3N5O. The van der Waals surface area contributed by atoms with Crippen LogP contribution in [0.4, 0.5) is 30.6 Å². The number of nitrogen functional groups attached to an aromatic ring is 2. The minimum absolute atomic E-state index is 0.0317. The molecule has 0 aliphatic carbocycles. The minimum atomic E-state index is -4.58. The quantitative estimate of drug-likeness (QED) is 0.747. The maximum absolute atomic E-state index is 13.1. The summed E-state index contributed by atoms with van der Waals surface area (Å²) in [6.45, 7) is 3.10. The van der Waals surface area contributed by atoms with Crippen LogP contribution in [-0.4, -0.2) is 29.7 Å². The molecule has 6 nitrogen and oxygen atoms in total. The number of aryl methyl sites for hydroxylation is 1. The van der Waals surface area contributed by atoms with Gasteiger partial charge in [0.2, 0.25) is 5.95 Å². The molecule has 0 amide bonds. The molecule has 0 saturated carbocycles. The topological polar surface area (TPSA) is 90.3 Å². The van der Waals surface area contributed by atoms with Gasteiger partial charge in [-0.15, -0.1) is 0 Å². The zero-order valence-electron chi connectivity index (χ0n) is 14.6. The predicted octanol–water partition coefficient (Wildman–Crippen LogP) is 3.59. The number of hydrogen-bond acceptors (Lipinski definition) is 6. The van der Waals surface area contributed by atoms with Crippen LogP contribution in [0, 0.1) is 6.92 Å². The molecule has 2 aromatic rings. The van der Waals surface area contributed by atoms with Crippen LogP contribution in [-0.2, 0) is 10.9 Å². The molecule has 1 aliphatic heterocycles. The van der Waals surface area contributed by atoms with Crippen LogP contribution in [0.5, 0.6) is 0 Å². The van der Waals surface area contributed by atoms with Crippen molar-refractivity contribution in [2.75, 3.05) is 36.1 Å². The fraction of sp³-hybridized carbons (Fsp3) is 0.412. The second-order valence-electron chi connectivity index (χ2n) is 6.32. The number of alkyl halides is 3. The third kappa shape index (κ3) is 4.19. The molecule has 1 aliphatic rings. The number of hydrogen-bond donors (Lipinski definition) is 2. The maximum Gasteiger partial charge on any atom is 0.418 e. The van der Waals surface area contributed by atoms with E-state index in [4.69, 9.17) is 27.8 Å². The van der Waals surface area contributed by atoms with E-state index in [-0.39, 0.29) is 23.3 Å². The molecular weight excluding hydrogens is 383 g/mol. The lowest BCUT2D eigenvalue weighted by Crippen LogP contribution is -2.32. The summed E-state index contributed by atoms with van der Waals surface area (Å²) in [6, 6.07) is 3.41. The lowest BCUT2D eigenvalue weighted by atomic mass is 10.0. The number of halogens is 4. The van der Waals surface area contributed by atoms with Crippen molar-refractivity contribution in [2.24, 2.45) is 0 Å².